The van der Waals surface area contributed by atoms with Gasteiger partial charge in [-0.3, -0.25) is 9.69 Å². The number of amides is 1. The molecule has 0 radical (unpaired) electrons. The number of rotatable bonds is 9. The van der Waals surface area contributed by atoms with Crippen molar-refractivity contribution >= 4 is 27.3 Å². The predicted molar refractivity (Wildman–Crippen MR) is 136 cm³/mol. The molecule has 1 aromatic rings. The first-order chi connectivity index (χ1) is 16.9. The van der Waals surface area contributed by atoms with Gasteiger partial charge >= 0.3 is 0 Å². The van der Waals surface area contributed by atoms with E-state index in [0.717, 1.165) is 17.2 Å². The Morgan fingerprint density at radius 3 is 2.61 bits per heavy atom. The van der Waals surface area contributed by atoms with Gasteiger partial charge in [0.1, 0.15) is 0 Å². The van der Waals surface area contributed by atoms with E-state index in [2.05, 4.69) is 10.2 Å². The van der Waals surface area contributed by atoms with Gasteiger partial charge in [-0.25, -0.2) is 21.6 Å². The van der Waals surface area contributed by atoms with Gasteiger partial charge < -0.3 is 10.2 Å². The summed E-state index contributed by atoms with van der Waals surface area (Å²) < 4.78 is 64.4. The first-order valence-electron chi connectivity index (χ1n) is 12.2. The number of carbonyl (C=O) groups is 1. The van der Waals surface area contributed by atoms with Crippen molar-refractivity contribution in [2.75, 3.05) is 45.5 Å². The van der Waals surface area contributed by atoms with Crippen molar-refractivity contribution in [3.63, 3.8) is 0 Å². The quantitative estimate of drug-likeness (QED) is 0.506. The number of nitrogens with zero attached hydrogens (tertiary/aromatic N) is 2. The van der Waals surface area contributed by atoms with Gasteiger partial charge in [0.15, 0.2) is 15.5 Å². The summed E-state index contributed by atoms with van der Waals surface area (Å²) >= 11 is 6.44. The van der Waals surface area contributed by atoms with Crippen molar-refractivity contribution in [1.82, 2.24) is 15.1 Å². The molecule has 2 aliphatic heterocycles. The van der Waals surface area contributed by atoms with Crippen molar-refractivity contribution in [3.05, 3.63) is 46.3 Å². The first-order valence-corrected chi connectivity index (χ1v) is 14.5. The Balaban J connectivity index is 1.64. The topological polar surface area (TPSA) is 69.7 Å². The maximum absolute atomic E-state index is 15.7. The Kier molecular flexibility index (Phi) is 9.87. The van der Waals surface area contributed by atoms with E-state index in [1.54, 1.807) is 17.9 Å². The molecule has 2 saturated heterocycles. The van der Waals surface area contributed by atoms with Gasteiger partial charge in [0.05, 0.1) is 6.54 Å². The summed E-state index contributed by atoms with van der Waals surface area (Å²) in [7, 11) is -3.34. The van der Waals surface area contributed by atoms with Crippen LogP contribution >= 0.6 is 11.6 Å². The third kappa shape index (κ3) is 8.19. The monoisotopic (exact) mass is 549 g/mol. The van der Waals surface area contributed by atoms with E-state index in [4.69, 9.17) is 11.6 Å². The van der Waals surface area contributed by atoms with Crippen LogP contribution in [-0.2, 0) is 14.6 Å². The molecule has 2 aliphatic rings. The fourth-order valence-electron chi connectivity index (χ4n) is 5.16. The highest BCUT2D eigenvalue weighted by atomic mass is 35.5. The van der Waals surface area contributed by atoms with Crippen molar-refractivity contribution < 1.29 is 26.4 Å². The second-order valence-electron chi connectivity index (χ2n) is 10.0. The summed E-state index contributed by atoms with van der Waals surface area (Å²) in [6.45, 7) is 3.84. The molecule has 0 spiro atoms. The average Bonchev–Trinajstić information content (AvgIpc) is 3.05. The van der Waals surface area contributed by atoms with Crippen molar-refractivity contribution in [2.24, 2.45) is 5.92 Å². The Morgan fingerprint density at radius 1 is 1.22 bits per heavy atom. The maximum Gasteiger partial charge on any atom is 0.258 e. The zero-order valence-corrected chi connectivity index (χ0v) is 22.2. The summed E-state index contributed by atoms with van der Waals surface area (Å²) in [5.74, 6) is -0.708. The average molecular weight is 550 g/mol. The number of likely N-dealkylation sites (tertiary alicyclic amines) is 2. The van der Waals surface area contributed by atoms with Crippen LogP contribution in [0.25, 0.3) is 0 Å². The van der Waals surface area contributed by atoms with Crippen LogP contribution in [0, 0.1) is 5.92 Å². The summed E-state index contributed by atoms with van der Waals surface area (Å²) in [5.41, 5.74) is -1.12. The number of halogens is 4. The Morgan fingerprint density at radius 2 is 1.94 bits per heavy atom. The molecule has 2 heterocycles. The highest BCUT2D eigenvalue weighted by Gasteiger charge is 2.42. The third-order valence-corrected chi connectivity index (χ3v) is 7.96. The minimum absolute atomic E-state index is 0.00553. The van der Waals surface area contributed by atoms with E-state index in [1.807, 2.05) is 18.2 Å². The second-order valence-corrected chi connectivity index (χ2v) is 12.4. The zero-order valence-electron chi connectivity index (χ0n) is 20.7. The van der Waals surface area contributed by atoms with Crippen LogP contribution in [0.3, 0.4) is 0 Å². The lowest BCUT2D eigenvalue weighted by Gasteiger charge is -2.28. The van der Waals surface area contributed by atoms with E-state index in [9.17, 15) is 22.0 Å². The van der Waals surface area contributed by atoms with Crippen molar-refractivity contribution in [3.8, 4) is 0 Å². The minimum Gasteiger partial charge on any atom is -0.347 e. The molecule has 1 amide bonds. The molecule has 6 nitrogen and oxygen atoms in total. The lowest BCUT2D eigenvalue weighted by atomic mass is 9.88. The molecule has 0 saturated carbocycles. The molecule has 4 atom stereocenters. The molecule has 1 N–H and O–H groups in total. The molecule has 1 aromatic carbocycles. The summed E-state index contributed by atoms with van der Waals surface area (Å²) in [6.07, 6.45) is 0.484. The van der Waals surface area contributed by atoms with Gasteiger partial charge in [-0.2, -0.15) is 0 Å². The molecule has 0 unspecified atom stereocenters. The fraction of sp³-hybridized carbons (Fsp3) is 0.640. The molecule has 202 valence electrons. The number of hydrogen-bond donors (Lipinski definition) is 1. The molecule has 0 bridgehead atoms. The van der Waals surface area contributed by atoms with Crippen LogP contribution in [0.1, 0.15) is 37.7 Å². The summed E-state index contributed by atoms with van der Waals surface area (Å²) in [5, 5.41) is 4.17. The van der Waals surface area contributed by atoms with E-state index >= 15 is 4.39 Å². The molecule has 0 aromatic heterocycles. The van der Waals surface area contributed by atoms with Crippen LogP contribution in [0.5, 0.6) is 0 Å². The summed E-state index contributed by atoms with van der Waals surface area (Å²) in [4.78, 5) is 16.6. The smallest absolute Gasteiger partial charge is 0.258 e. The number of sulfone groups is 1. The van der Waals surface area contributed by atoms with Crippen LogP contribution in [-0.4, -0.2) is 87.8 Å². The SMILES string of the molecule is C[C@H](/C=C\S(C)(=O)=O)NC(=O)[C@@]1(F)CCCN(C[C@H]2CN(CC(F)F)C[C@H]2c2ccccc2Cl)CC1. The molecule has 11 heteroatoms. The number of carbonyl (C=O) groups excluding carboxylic acids is 1. The van der Waals surface area contributed by atoms with Crippen LogP contribution < -0.4 is 5.32 Å². The lowest BCUT2D eigenvalue weighted by molar-refractivity contribution is -0.134. The van der Waals surface area contributed by atoms with Gasteiger partial charge in [0.25, 0.3) is 12.3 Å². The molecule has 36 heavy (non-hydrogen) atoms. The normalized spacial score (nSPS) is 27.4. The minimum atomic E-state index is -3.34. The third-order valence-electron chi connectivity index (χ3n) is 6.96. The molecular formula is C25H35ClF3N3O3S. The highest BCUT2D eigenvalue weighted by molar-refractivity contribution is 7.93. The van der Waals surface area contributed by atoms with Crippen LogP contribution in [0.4, 0.5) is 13.2 Å². The van der Waals surface area contributed by atoms with E-state index < -0.39 is 33.9 Å². The standard InChI is InChI=1S/C25H35ClF3N3O3S/c1-18(8-13-36(2,34)35)30-24(33)25(29)9-5-11-31(12-10-25)14-19-15-32(17-23(27)28)16-21(19)20-6-3-4-7-22(20)26/h3-4,6-8,13,18-19,21,23H,5,9-12,14-17H2,1-2H3,(H,30,33)/b13-8-/t18-,19+,21-,25-/m1/s1. The van der Waals surface area contributed by atoms with Gasteiger partial charge in [0, 0.05) is 61.2 Å². The van der Waals surface area contributed by atoms with E-state index in [0.29, 0.717) is 44.2 Å². The lowest BCUT2D eigenvalue weighted by Crippen LogP contribution is -2.47. The number of hydrogen-bond acceptors (Lipinski definition) is 5. The van der Waals surface area contributed by atoms with Gasteiger partial charge in [-0.05, 0) is 43.9 Å². The Bertz CT molecular complexity index is 1040. The van der Waals surface area contributed by atoms with E-state index in [-0.39, 0.29) is 31.2 Å². The second kappa shape index (κ2) is 12.3. The van der Waals surface area contributed by atoms with Gasteiger partial charge in [-0.1, -0.05) is 35.9 Å². The Labute approximate surface area is 216 Å². The molecule has 2 fully saturated rings. The molecular weight excluding hydrogens is 515 g/mol. The molecule has 3 rings (SSSR count). The largest absolute Gasteiger partial charge is 0.347 e. The fourth-order valence-corrected chi connectivity index (χ4v) is 5.96. The predicted octanol–water partition coefficient (Wildman–Crippen LogP) is 3.88. The number of nitrogens with one attached hydrogen (secondary N) is 1. The number of alkyl halides is 3. The van der Waals surface area contributed by atoms with Crippen molar-refractivity contribution in [1.29, 1.82) is 0 Å². The summed E-state index contributed by atoms with van der Waals surface area (Å²) in [6, 6.07) is 6.84. The van der Waals surface area contributed by atoms with Gasteiger partial charge in [-0.15, -0.1) is 0 Å². The zero-order chi connectivity index (χ0) is 26.5. The first kappa shape index (κ1) is 28.9. The van der Waals surface area contributed by atoms with E-state index in [1.165, 1.54) is 6.08 Å². The Hall–Kier alpha value is -1.62. The van der Waals surface area contributed by atoms with Crippen LogP contribution in [0.15, 0.2) is 35.7 Å². The molecule has 0 aliphatic carbocycles. The highest BCUT2D eigenvalue weighted by Crippen LogP contribution is 2.38. The van der Waals surface area contributed by atoms with Crippen molar-refractivity contribution in [2.45, 2.75) is 50.2 Å². The van der Waals surface area contributed by atoms with Crippen LogP contribution in [0.2, 0.25) is 5.02 Å². The van der Waals surface area contributed by atoms with Gasteiger partial charge in [0.2, 0.25) is 0 Å². The number of benzene rings is 1. The maximum atomic E-state index is 15.7.